The average molecular weight is 322 g/mol. The molecule has 1 aromatic heterocycles. The van der Waals surface area contributed by atoms with Crippen molar-refractivity contribution >= 4 is 12.6 Å². The van der Waals surface area contributed by atoms with Crippen LogP contribution >= 0.6 is 12.6 Å². The van der Waals surface area contributed by atoms with Gasteiger partial charge in [-0.1, -0.05) is 13.8 Å². The highest BCUT2D eigenvalue weighted by Crippen LogP contribution is 2.32. The fourth-order valence-corrected chi connectivity index (χ4v) is 3.32. The van der Waals surface area contributed by atoms with E-state index in [1.54, 1.807) is 0 Å². The number of fused-ring (bicyclic) bond motifs is 1. The van der Waals surface area contributed by atoms with Crippen LogP contribution in [0.4, 0.5) is 13.2 Å². The lowest BCUT2D eigenvalue weighted by atomic mass is 9.83. The molecule has 0 spiro atoms. The second-order valence-corrected chi connectivity index (χ2v) is 5.98. The van der Waals surface area contributed by atoms with E-state index in [-0.39, 0.29) is 12.0 Å². The van der Waals surface area contributed by atoms with E-state index in [0.717, 1.165) is 25.1 Å². The molecule has 2 rings (SSSR count). The Hall–Kier alpha value is -0.760. The molecule has 2 heterocycles. The predicted molar refractivity (Wildman–Crippen MR) is 77.2 cm³/mol. The van der Waals surface area contributed by atoms with E-state index in [4.69, 9.17) is 0 Å². The van der Waals surface area contributed by atoms with E-state index in [0.29, 0.717) is 18.9 Å². The molecule has 0 aromatic carbocycles. The molecule has 0 saturated carbocycles. The van der Waals surface area contributed by atoms with Crippen LogP contribution in [0.5, 0.6) is 0 Å². The number of thiol groups is 1. The van der Waals surface area contributed by atoms with Gasteiger partial charge in [-0.25, -0.2) is 0 Å². The van der Waals surface area contributed by atoms with Gasteiger partial charge >= 0.3 is 6.18 Å². The highest BCUT2D eigenvalue weighted by molar-refractivity contribution is 7.80. The number of rotatable bonds is 5. The summed E-state index contributed by atoms with van der Waals surface area (Å²) in [7, 11) is 0. The summed E-state index contributed by atoms with van der Waals surface area (Å²) in [6.45, 7) is 6.38. The van der Waals surface area contributed by atoms with Crippen molar-refractivity contribution in [3.63, 3.8) is 0 Å². The first-order valence-electron chi connectivity index (χ1n) is 7.17. The summed E-state index contributed by atoms with van der Waals surface area (Å²) < 4.78 is 39.6. The van der Waals surface area contributed by atoms with Crippen LogP contribution in [-0.2, 0) is 19.3 Å². The van der Waals surface area contributed by atoms with Crippen molar-refractivity contribution in [2.75, 3.05) is 18.8 Å². The topological polar surface area (TPSA) is 34.0 Å². The second kappa shape index (κ2) is 6.16. The zero-order chi connectivity index (χ0) is 15.7. The van der Waals surface area contributed by atoms with Gasteiger partial charge in [0.25, 0.3) is 0 Å². The minimum absolute atomic E-state index is 0.109. The summed E-state index contributed by atoms with van der Waals surface area (Å²) in [5, 5.41) is 7.02. The largest absolute Gasteiger partial charge is 0.451 e. The molecule has 1 aromatic rings. The molecule has 0 radical (unpaired) electrons. The molecule has 0 aliphatic carbocycles. The number of hydrogen-bond donors (Lipinski definition) is 1. The van der Waals surface area contributed by atoms with Crippen molar-refractivity contribution in [2.45, 2.75) is 46.0 Å². The van der Waals surface area contributed by atoms with Gasteiger partial charge in [-0.05, 0) is 24.0 Å². The third-order valence-electron chi connectivity index (χ3n) is 4.48. The molecule has 0 fully saturated rings. The molecule has 120 valence electrons. The molecule has 0 unspecified atom stereocenters. The van der Waals surface area contributed by atoms with Crippen molar-refractivity contribution in [1.29, 1.82) is 0 Å². The van der Waals surface area contributed by atoms with E-state index in [2.05, 4.69) is 41.6 Å². The number of halogens is 3. The predicted octanol–water partition coefficient (Wildman–Crippen LogP) is 2.85. The highest BCUT2D eigenvalue weighted by atomic mass is 32.1. The third kappa shape index (κ3) is 3.36. The Morgan fingerprint density at radius 1 is 1.14 bits per heavy atom. The number of aromatic nitrogens is 3. The lowest BCUT2D eigenvalue weighted by Crippen LogP contribution is -2.43. The third-order valence-corrected chi connectivity index (χ3v) is 5.15. The Labute approximate surface area is 128 Å². The van der Waals surface area contributed by atoms with Crippen LogP contribution in [0, 0.1) is 5.41 Å². The summed E-state index contributed by atoms with van der Waals surface area (Å²) in [4.78, 5) is 2.16. The molecule has 0 amide bonds. The molecule has 0 saturated heterocycles. The molecule has 1 aliphatic heterocycles. The lowest BCUT2D eigenvalue weighted by Gasteiger charge is -2.38. The van der Waals surface area contributed by atoms with Crippen LogP contribution in [0.2, 0.25) is 0 Å². The molecule has 21 heavy (non-hydrogen) atoms. The normalized spacial score (nSPS) is 17.0. The van der Waals surface area contributed by atoms with E-state index < -0.39 is 12.0 Å². The van der Waals surface area contributed by atoms with Gasteiger partial charge in [-0.15, -0.1) is 10.2 Å². The molecule has 0 bridgehead atoms. The van der Waals surface area contributed by atoms with Crippen LogP contribution < -0.4 is 0 Å². The fourth-order valence-electron chi connectivity index (χ4n) is 2.77. The van der Waals surface area contributed by atoms with Gasteiger partial charge in [0.1, 0.15) is 5.82 Å². The van der Waals surface area contributed by atoms with Crippen molar-refractivity contribution in [2.24, 2.45) is 5.41 Å². The van der Waals surface area contributed by atoms with E-state index >= 15 is 0 Å². The van der Waals surface area contributed by atoms with Gasteiger partial charge in [-0.2, -0.15) is 25.8 Å². The maximum atomic E-state index is 12.8. The van der Waals surface area contributed by atoms with E-state index in [1.807, 2.05) is 0 Å². The molecular formula is C13H21F3N4S. The smallest absolute Gasteiger partial charge is 0.305 e. The molecule has 1 aliphatic rings. The zero-order valence-electron chi connectivity index (χ0n) is 12.3. The van der Waals surface area contributed by atoms with Gasteiger partial charge in [0, 0.05) is 19.6 Å². The first-order chi connectivity index (χ1) is 9.85. The minimum Gasteiger partial charge on any atom is -0.305 e. The lowest BCUT2D eigenvalue weighted by molar-refractivity contribution is -0.148. The van der Waals surface area contributed by atoms with Crippen molar-refractivity contribution in [3.05, 3.63) is 11.6 Å². The van der Waals surface area contributed by atoms with Crippen LogP contribution in [0.3, 0.4) is 0 Å². The average Bonchev–Trinajstić information content (AvgIpc) is 2.88. The number of hydrogen-bond acceptors (Lipinski definition) is 4. The Morgan fingerprint density at radius 3 is 2.33 bits per heavy atom. The Kier molecular flexibility index (Phi) is 4.87. The van der Waals surface area contributed by atoms with Crippen molar-refractivity contribution < 1.29 is 13.2 Å². The zero-order valence-corrected chi connectivity index (χ0v) is 13.2. The number of alkyl halides is 3. The summed E-state index contributed by atoms with van der Waals surface area (Å²) in [5.74, 6) is 0.286. The SMILES string of the molecule is CCC(CC)(CS)CN1CCn2c(nnc2C(F)(F)F)C1. The van der Waals surface area contributed by atoms with Crippen LogP contribution in [0.1, 0.15) is 38.3 Å². The monoisotopic (exact) mass is 322 g/mol. The Balaban J connectivity index is 2.12. The number of nitrogens with zero attached hydrogens (tertiary/aromatic N) is 4. The van der Waals surface area contributed by atoms with Crippen molar-refractivity contribution in [3.8, 4) is 0 Å². The van der Waals surface area contributed by atoms with Crippen molar-refractivity contribution in [1.82, 2.24) is 19.7 Å². The second-order valence-electron chi connectivity index (χ2n) is 5.67. The quantitative estimate of drug-likeness (QED) is 0.847. The van der Waals surface area contributed by atoms with Gasteiger partial charge in [0.2, 0.25) is 5.82 Å². The summed E-state index contributed by atoms with van der Waals surface area (Å²) in [5.41, 5.74) is 0.109. The molecule has 8 heteroatoms. The first kappa shape index (κ1) is 16.6. The molecular weight excluding hydrogens is 301 g/mol. The fraction of sp³-hybridized carbons (Fsp3) is 0.846. The Morgan fingerprint density at radius 2 is 1.81 bits per heavy atom. The first-order valence-corrected chi connectivity index (χ1v) is 7.81. The van der Waals surface area contributed by atoms with Crippen LogP contribution in [-0.4, -0.2) is 38.5 Å². The van der Waals surface area contributed by atoms with Gasteiger partial charge in [0.05, 0.1) is 6.54 Å². The molecule has 0 atom stereocenters. The maximum absolute atomic E-state index is 12.8. The van der Waals surface area contributed by atoms with Gasteiger partial charge in [0.15, 0.2) is 0 Å². The van der Waals surface area contributed by atoms with E-state index in [1.165, 1.54) is 4.57 Å². The molecule has 4 nitrogen and oxygen atoms in total. The van der Waals surface area contributed by atoms with E-state index in [9.17, 15) is 13.2 Å². The Bertz CT molecular complexity index is 474. The van der Waals surface area contributed by atoms with Gasteiger partial charge in [-0.3, -0.25) is 4.90 Å². The highest BCUT2D eigenvalue weighted by Gasteiger charge is 2.40. The van der Waals surface area contributed by atoms with Crippen LogP contribution in [0.25, 0.3) is 0 Å². The minimum atomic E-state index is -4.44. The van der Waals surface area contributed by atoms with Gasteiger partial charge < -0.3 is 4.57 Å². The summed E-state index contributed by atoms with van der Waals surface area (Å²) in [6, 6.07) is 0. The summed E-state index contributed by atoms with van der Waals surface area (Å²) in [6.07, 6.45) is -2.43. The molecule has 0 N–H and O–H groups in total. The standard InChI is InChI=1S/C13H21F3N4S/c1-3-12(4-2,9-21)8-19-5-6-20-10(7-19)17-18-11(20)13(14,15)16/h21H,3-9H2,1-2H3. The maximum Gasteiger partial charge on any atom is 0.451 e. The van der Waals surface area contributed by atoms with Crippen LogP contribution in [0.15, 0.2) is 0 Å². The summed E-state index contributed by atoms with van der Waals surface area (Å²) >= 11 is 4.45.